The minimum atomic E-state index is -0.280. The van der Waals surface area contributed by atoms with Crippen LogP contribution in [0.5, 0.6) is 0 Å². The van der Waals surface area contributed by atoms with Crippen LogP contribution in [0.3, 0.4) is 0 Å². The average Bonchev–Trinajstić information content (AvgIpc) is 3.40. The quantitative estimate of drug-likeness (QED) is 0.387. The Kier molecular flexibility index (Phi) is 4.85. The van der Waals surface area contributed by atoms with E-state index in [4.69, 9.17) is 10.8 Å². The molecule has 3 heterocycles. The van der Waals surface area contributed by atoms with E-state index in [1.165, 1.54) is 6.33 Å². The number of hydrogen-bond donors (Lipinski definition) is 3. The molecule has 0 atom stereocenters. The van der Waals surface area contributed by atoms with Crippen LogP contribution >= 0.6 is 0 Å². The Balaban J connectivity index is 1.51. The number of amides is 1. The predicted octanol–water partition coefficient (Wildman–Crippen LogP) is 4.24. The molecule has 1 amide bonds. The fourth-order valence-electron chi connectivity index (χ4n) is 3.91. The maximum Gasteiger partial charge on any atom is 0.267 e. The lowest BCUT2D eigenvalue weighted by Crippen LogP contribution is -2.23. The number of benzene rings is 2. The number of aromatic amines is 1. The van der Waals surface area contributed by atoms with Gasteiger partial charge in [-0.05, 0) is 38.5 Å². The molecular formula is C25H25N7O. The first kappa shape index (κ1) is 20.7. The first-order valence-corrected chi connectivity index (χ1v) is 10.8. The number of rotatable bonds is 4. The molecule has 2 aromatic carbocycles. The van der Waals surface area contributed by atoms with Crippen molar-refractivity contribution < 1.29 is 4.79 Å². The van der Waals surface area contributed by atoms with Crippen molar-refractivity contribution in [3.05, 3.63) is 72.2 Å². The summed E-state index contributed by atoms with van der Waals surface area (Å²) in [5.74, 6) is 0.231. The van der Waals surface area contributed by atoms with Crippen molar-refractivity contribution in [2.45, 2.75) is 32.9 Å². The average molecular weight is 440 g/mol. The van der Waals surface area contributed by atoms with Crippen LogP contribution < -0.4 is 11.1 Å². The van der Waals surface area contributed by atoms with E-state index in [2.05, 4.69) is 41.0 Å². The van der Waals surface area contributed by atoms with E-state index in [-0.39, 0.29) is 11.4 Å². The van der Waals surface area contributed by atoms with Crippen molar-refractivity contribution in [2.75, 3.05) is 5.73 Å². The molecule has 4 N–H and O–H groups in total. The van der Waals surface area contributed by atoms with Crippen molar-refractivity contribution in [3.8, 4) is 11.3 Å². The number of H-pyrrole nitrogens is 1. The Morgan fingerprint density at radius 3 is 2.64 bits per heavy atom. The number of fused-ring (bicyclic) bond motifs is 2. The highest BCUT2D eigenvalue weighted by Gasteiger charge is 2.24. The van der Waals surface area contributed by atoms with E-state index in [0.29, 0.717) is 29.4 Å². The molecule has 0 saturated heterocycles. The second kappa shape index (κ2) is 7.74. The van der Waals surface area contributed by atoms with Gasteiger partial charge in [-0.1, -0.05) is 42.5 Å². The van der Waals surface area contributed by atoms with Gasteiger partial charge in [0.15, 0.2) is 5.65 Å². The summed E-state index contributed by atoms with van der Waals surface area (Å²) in [4.78, 5) is 24.5. The highest BCUT2D eigenvalue weighted by molar-refractivity contribution is 6.02. The molecule has 166 valence electrons. The van der Waals surface area contributed by atoms with E-state index in [9.17, 15) is 4.79 Å². The Hall–Kier alpha value is -4.20. The van der Waals surface area contributed by atoms with Gasteiger partial charge in [-0.25, -0.2) is 14.6 Å². The predicted molar refractivity (Wildman–Crippen MR) is 130 cm³/mol. The van der Waals surface area contributed by atoms with Gasteiger partial charge in [0.05, 0.1) is 10.9 Å². The maximum atomic E-state index is 12.7. The monoisotopic (exact) mass is 439 g/mol. The number of nitrogens with zero attached hydrogens (tertiary/aromatic N) is 4. The minimum absolute atomic E-state index is 0.156. The van der Waals surface area contributed by atoms with Crippen LogP contribution in [0.4, 0.5) is 5.82 Å². The minimum Gasteiger partial charge on any atom is -0.383 e. The summed E-state index contributed by atoms with van der Waals surface area (Å²) < 4.78 is 1.87. The molecule has 0 spiro atoms. The zero-order valence-electron chi connectivity index (χ0n) is 18.8. The summed E-state index contributed by atoms with van der Waals surface area (Å²) in [6, 6.07) is 17.6. The molecule has 0 aliphatic carbocycles. The van der Waals surface area contributed by atoms with Crippen LogP contribution in [0.2, 0.25) is 0 Å². The van der Waals surface area contributed by atoms with Gasteiger partial charge in [-0.15, -0.1) is 0 Å². The van der Waals surface area contributed by atoms with E-state index >= 15 is 0 Å². The molecule has 33 heavy (non-hydrogen) atoms. The second-order valence-corrected chi connectivity index (χ2v) is 9.04. The zero-order chi connectivity index (χ0) is 23.2. The highest BCUT2D eigenvalue weighted by Crippen LogP contribution is 2.34. The van der Waals surface area contributed by atoms with Crippen molar-refractivity contribution in [1.29, 1.82) is 0 Å². The van der Waals surface area contributed by atoms with Crippen molar-refractivity contribution in [2.24, 2.45) is 0 Å². The summed E-state index contributed by atoms with van der Waals surface area (Å²) in [5.41, 5.74) is 10.6. The molecule has 8 nitrogen and oxygen atoms in total. The molecule has 3 aromatic heterocycles. The number of hydrogen-bond acceptors (Lipinski definition) is 5. The van der Waals surface area contributed by atoms with Gasteiger partial charge in [0, 0.05) is 23.0 Å². The fourth-order valence-corrected chi connectivity index (χ4v) is 3.91. The lowest BCUT2D eigenvalue weighted by Gasteiger charge is -2.19. The number of aromatic nitrogens is 5. The van der Waals surface area contributed by atoms with E-state index < -0.39 is 0 Å². The number of nitrogen functional groups attached to an aromatic ring is 1. The lowest BCUT2D eigenvalue weighted by atomic mass is 10.1. The van der Waals surface area contributed by atoms with E-state index in [0.717, 1.165) is 27.4 Å². The summed E-state index contributed by atoms with van der Waals surface area (Å²) in [5, 5.41) is 9.46. The molecule has 0 aliphatic rings. The number of nitrogens with one attached hydrogen (secondary N) is 2. The van der Waals surface area contributed by atoms with Crippen LogP contribution in [0.1, 0.15) is 36.8 Å². The Labute approximate surface area is 190 Å². The number of nitrogens with two attached hydrogens (primary N) is 1. The summed E-state index contributed by atoms with van der Waals surface area (Å²) in [7, 11) is 0. The van der Waals surface area contributed by atoms with E-state index in [1.807, 2.05) is 59.3 Å². The van der Waals surface area contributed by atoms with Crippen LogP contribution in [-0.2, 0) is 12.1 Å². The van der Waals surface area contributed by atoms with Crippen LogP contribution in [0.25, 0.3) is 33.2 Å². The van der Waals surface area contributed by atoms with Gasteiger partial charge in [-0.3, -0.25) is 4.79 Å². The topological polar surface area (TPSA) is 115 Å². The molecular weight excluding hydrogens is 414 g/mol. The number of carbonyl (C=O) groups excluding carboxylic acids is 1. The van der Waals surface area contributed by atoms with Gasteiger partial charge < -0.3 is 16.0 Å². The molecule has 0 radical (unpaired) electrons. The highest BCUT2D eigenvalue weighted by atomic mass is 16.1. The first-order chi connectivity index (χ1) is 15.8. The second-order valence-electron chi connectivity index (χ2n) is 9.04. The molecule has 0 saturated carbocycles. The van der Waals surface area contributed by atoms with Gasteiger partial charge >= 0.3 is 0 Å². The Morgan fingerprint density at radius 2 is 1.88 bits per heavy atom. The summed E-state index contributed by atoms with van der Waals surface area (Å²) >= 11 is 0. The zero-order valence-corrected chi connectivity index (χ0v) is 18.8. The Morgan fingerprint density at radius 1 is 1.09 bits per heavy atom. The van der Waals surface area contributed by atoms with Crippen molar-refractivity contribution >= 4 is 33.7 Å². The fraction of sp³-hybridized carbons (Fsp3) is 0.200. The van der Waals surface area contributed by atoms with Crippen molar-refractivity contribution in [3.63, 3.8) is 0 Å². The summed E-state index contributed by atoms with van der Waals surface area (Å²) in [6.45, 7) is 6.66. The first-order valence-electron chi connectivity index (χ1n) is 10.8. The molecule has 0 aliphatic heterocycles. The molecule has 8 heteroatoms. The SMILES string of the molecule is CC(C)(C)n1nc(-c2ccc3cc(C(=O)NCc4ccccc4)[nH]c3c2)c2c(N)ncnc21. The number of anilines is 1. The summed E-state index contributed by atoms with van der Waals surface area (Å²) in [6.07, 6.45) is 1.46. The van der Waals surface area contributed by atoms with E-state index in [1.54, 1.807) is 0 Å². The molecule has 5 rings (SSSR count). The molecule has 0 fully saturated rings. The molecule has 0 bridgehead atoms. The van der Waals surface area contributed by atoms with Gasteiger partial charge in [0.1, 0.15) is 23.5 Å². The smallest absolute Gasteiger partial charge is 0.267 e. The number of carbonyl (C=O) groups is 1. The standard InChI is InChI=1S/C25H25N7O/c1-25(2,3)32-23-20(22(26)28-14-29-23)21(31-32)17-10-9-16-11-19(30-18(16)12-17)24(33)27-13-15-7-5-4-6-8-15/h4-12,14,30H,13H2,1-3H3,(H,27,33)(H2,26,28,29). The third kappa shape index (κ3) is 3.80. The normalized spacial score (nSPS) is 11.8. The molecule has 5 aromatic rings. The molecule has 0 unspecified atom stereocenters. The van der Waals surface area contributed by atoms with Crippen LogP contribution in [-0.4, -0.2) is 30.6 Å². The Bertz CT molecular complexity index is 1480. The third-order valence-corrected chi connectivity index (χ3v) is 5.57. The van der Waals surface area contributed by atoms with Gasteiger partial charge in [0.25, 0.3) is 5.91 Å². The van der Waals surface area contributed by atoms with Gasteiger partial charge in [-0.2, -0.15) is 5.10 Å². The third-order valence-electron chi connectivity index (χ3n) is 5.57. The van der Waals surface area contributed by atoms with Crippen LogP contribution in [0, 0.1) is 0 Å². The van der Waals surface area contributed by atoms with Crippen molar-refractivity contribution in [1.82, 2.24) is 30.0 Å². The largest absolute Gasteiger partial charge is 0.383 e. The van der Waals surface area contributed by atoms with Gasteiger partial charge in [0.2, 0.25) is 0 Å². The maximum absolute atomic E-state index is 12.7. The lowest BCUT2D eigenvalue weighted by molar-refractivity contribution is 0.0946. The van der Waals surface area contributed by atoms with Crippen LogP contribution in [0.15, 0.2) is 60.9 Å².